The SMILES string of the molecule is CC(=O)N[C@@H]1[C@H](Oc2ccc([N+](=O)[O-])cc2)O[C@H](CO)[C@@H](O)[C@@H]1OS(=O)(=O)O. The van der Waals surface area contributed by atoms with E-state index < -0.39 is 58.5 Å². The maximum Gasteiger partial charge on any atom is 0.397 e. The van der Waals surface area contributed by atoms with E-state index in [1.165, 1.54) is 12.1 Å². The second-order valence-corrected chi connectivity index (χ2v) is 6.85. The summed E-state index contributed by atoms with van der Waals surface area (Å²) in [5.41, 5.74) is -0.216. The van der Waals surface area contributed by atoms with Gasteiger partial charge < -0.3 is 25.0 Å². The number of aliphatic hydroxyl groups is 2. The molecule has 0 spiro atoms. The third kappa shape index (κ3) is 5.57. The molecule has 0 radical (unpaired) electrons. The number of amides is 1. The van der Waals surface area contributed by atoms with Crippen LogP contribution in [0, 0.1) is 10.1 Å². The molecule has 1 aliphatic rings. The van der Waals surface area contributed by atoms with Crippen molar-refractivity contribution in [1.29, 1.82) is 0 Å². The van der Waals surface area contributed by atoms with Crippen LogP contribution in [0.4, 0.5) is 5.69 Å². The molecular weight excluding hydrogens is 404 g/mol. The minimum atomic E-state index is -5.05. The Morgan fingerprint density at radius 1 is 1.36 bits per heavy atom. The van der Waals surface area contributed by atoms with Crippen molar-refractivity contribution >= 4 is 22.0 Å². The summed E-state index contributed by atoms with van der Waals surface area (Å²) in [4.78, 5) is 21.6. The first-order valence-corrected chi connectivity index (χ1v) is 9.16. The monoisotopic (exact) mass is 422 g/mol. The second kappa shape index (κ2) is 8.76. The summed E-state index contributed by atoms with van der Waals surface area (Å²) in [7, 11) is -5.05. The number of rotatable bonds is 7. The van der Waals surface area contributed by atoms with Gasteiger partial charge in [0.05, 0.1) is 11.5 Å². The fraction of sp³-hybridized carbons (Fsp3) is 0.500. The lowest BCUT2D eigenvalue weighted by molar-refractivity contribution is -0.384. The number of nitro benzene ring substituents is 1. The predicted molar refractivity (Wildman–Crippen MR) is 89.5 cm³/mol. The van der Waals surface area contributed by atoms with E-state index in [2.05, 4.69) is 9.50 Å². The standard InChI is InChI=1S/C14H18N2O11S/c1-7(18)15-11-13(27-28(22,23)24)12(19)10(6-17)26-14(11)25-9-4-2-8(3-5-9)16(20)21/h2-5,10-14,17,19H,6H2,1H3,(H,15,18)(H,22,23,24)/t10-,11+,12-,13-,14-/m1/s1. The van der Waals surface area contributed by atoms with E-state index in [0.717, 1.165) is 19.1 Å². The third-order valence-corrected chi connectivity index (χ3v) is 4.22. The Labute approximate surface area is 158 Å². The Hall–Kier alpha value is -2.36. The largest absolute Gasteiger partial charge is 0.463 e. The Morgan fingerprint density at radius 2 is 1.96 bits per heavy atom. The molecule has 1 fully saturated rings. The molecule has 0 unspecified atom stereocenters. The summed E-state index contributed by atoms with van der Waals surface area (Å²) >= 11 is 0. The summed E-state index contributed by atoms with van der Waals surface area (Å²) < 4.78 is 46.6. The Balaban J connectivity index is 2.33. The lowest BCUT2D eigenvalue weighted by Crippen LogP contribution is -2.66. The number of nitrogens with zero attached hydrogens (tertiary/aromatic N) is 1. The average molecular weight is 422 g/mol. The molecule has 5 atom stereocenters. The van der Waals surface area contributed by atoms with Crippen LogP contribution >= 0.6 is 0 Å². The molecule has 1 aromatic rings. The van der Waals surface area contributed by atoms with E-state index in [1.54, 1.807) is 0 Å². The van der Waals surface area contributed by atoms with Crippen molar-refractivity contribution in [3.8, 4) is 5.75 Å². The fourth-order valence-corrected chi connectivity index (χ4v) is 3.11. The molecule has 1 aliphatic heterocycles. The molecule has 1 heterocycles. The summed E-state index contributed by atoms with van der Waals surface area (Å²) in [6.07, 6.45) is -6.36. The van der Waals surface area contributed by atoms with E-state index in [0.29, 0.717) is 0 Å². The molecule has 0 aromatic heterocycles. The molecule has 28 heavy (non-hydrogen) atoms. The zero-order valence-electron chi connectivity index (χ0n) is 14.4. The van der Waals surface area contributed by atoms with Gasteiger partial charge in [-0.2, -0.15) is 8.42 Å². The Morgan fingerprint density at radius 3 is 2.43 bits per heavy atom. The molecule has 14 heteroatoms. The van der Waals surface area contributed by atoms with Crippen molar-refractivity contribution in [3.63, 3.8) is 0 Å². The highest BCUT2D eigenvalue weighted by molar-refractivity contribution is 7.80. The molecule has 2 rings (SSSR count). The van der Waals surface area contributed by atoms with Gasteiger partial charge in [-0.3, -0.25) is 19.5 Å². The molecule has 0 bridgehead atoms. The highest BCUT2D eigenvalue weighted by atomic mass is 32.3. The first kappa shape index (κ1) is 21.9. The zero-order valence-corrected chi connectivity index (χ0v) is 15.2. The van der Waals surface area contributed by atoms with Crippen LogP contribution in [0.2, 0.25) is 0 Å². The maximum atomic E-state index is 11.5. The molecule has 4 N–H and O–H groups in total. The van der Waals surface area contributed by atoms with Gasteiger partial charge >= 0.3 is 10.4 Å². The van der Waals surface area contributed by atoms with E-state index >= 15 is 0 Å². The Kier molecular flexibility index (Phi) is 6.87. The van der Waals surface area contributed by atoms with Gasteiger partial charge in [0.1, 0.15) is 30.1 Å². The van der Waals surface area contributed by atoms with Crippen molar-refractivity contribution in [3.05, 3.63) is 34.4 Å². The van der Waals surface area contributed by atoms with Crippen molar-refractivity contribution in [2.45, 2.75) is 37.6 Å². The number of hydrogen-bond acceptors (Lipinski definition) is 10. The summed E-state index contributed by atoms with van der Waals surface area (Å²) in [5.74, 6) is -0.617. The minimum absolute atomic E-state index is 0.0460. The van der Waals surface area contributed by atoms with Crippen LogP contribution in [-0.4, -0.2) is 71.3 Å². The normalized spacial score (nSPS) is 27.8. The number of aliphatic hydroxyl groups excluding tert-OH is 2. The summed E-state index contributed by atoms with van der Waals surface area (Å²) in [6.45, 7) is 0.331. The van der Waals surface area contributed by atoms with Crippen LogP contribution in [0.5, 0.6) is 5.75 Å². The molecule has 1 saturated heterocycles. The second-order valence-electron chi connectivity index (χ2n) is 5.80. The number of nitro groups is 1. The fourth-order valence-electron chi connectivity index (χ4n) is 2.59. The maximum absolute atomic E-state index is 11.5. The number of benzene rings is 1. The average Bonchev–Trinajstić information content (AvgIpc) is 2.59. The third-order valence-electron chi connectivity index (χ3n) is 3.76. The number of non-ortho nitro benzene ring substituents is 1. The van der Waals surface area contributed by atoms with Crippen LogP contribution in [0.25, 0.3) is 0 Å². The van der Waals surface area contributed by atoms with Gasteiger partial charge in [-0.1, -0.05) is 0 Å². The number of nitrogens with one attached hydrogen (secondary N) is 1. The van der Waals surface area contributed by atoms with Gasteiger partial charge in [0.15, 0.2) is 0 Å². The lowest BCUT2D eigenvalue weighted by Gasteiger charge is -2.43. The van der Waals surface area contributed by atoms with Crippen LogP contribution in [-0.2, 0) is 24.1 Å². The van der Waals surface area contributed by atoms with Crippen LogP contribution in [0.15, 0.2) is 24.3 Å². The van der Waals surface area contributed by atoms with E-state index in [4.69, 9.17) is 14.0 Å². The number of carbonyl (C=O) groups excluding carboxylic acids is 1. The molecule has 156 valence electrons. The lowest BCUT2D eigenvalue weighted by atomic mass is 9.97. The highest BCUT2D eigenvalue weighted by Crippen LogP contribution is 2.28. The van der Waals surface area contributed by atoms with Crippen molar-refractivity contribution in [2.75, 3.05) is 6.61 Å². The van der Waals surface area contributed by atoms with Gasteiger partial charge in [-0.25, -0.2) is 4.18 Å². The van der Waals surface area contributed by atoms with Gasteiger partial charge in [0, 0.05) is 19.1 Å². The highest BCUT2D eigenvalue weighted by Gasteiger charge is 2.49. The Bertz CT molecular complexity index is 813. The predicted octanol–water partition coefficient (Wildman–Crippen LogP) is -1.26. The smallest absolute Gasteiger partial charge is 0.397 e. The molecule has 0 saturated carbocycles. The topological polar surface area (TPSA) is 195 Å². The molecular formula is C14H18N2O11S. The van der Waals surface area contributed by atoms with Crippen LogP contribution in [0.1, 0.15) is 6.92 Å². The molecule has 0 aliphatic carbocycles. The number of hydrogen-bond donors (Lipinski definition) is 4. The van der Waals surface area contributed by atoms with Gasteiger partial charge in [0.2, 0.25) is 12.2 Å². The van der Waals surface area contributed by atoms with Crippen LogP contribution < -0.4 is 10.1 Å². The van der Waals surface area contributed by atoms with Gasteiger partial charge in [-0.15, -0.1) is 0 Å². The van der Waals surface area contributed by atoms with Gasteiger partial charge in [-0.05, 0) is 12.1 Å². The van der Waals surface area contributed by atoms with Crippen molar-refractivity contribution in [1.82, 2.24) is 5.32 Å². The first-order chi connectivity index (χ1) is 13.0. The van der Waals surface area contributed by atoms with E-state index in [-0.39, 0.29) is 11.4 Å². The molecule has 1 amide bonds. The minimum Gasteiger partial charge on any atom is -0.463 e. The number of ether oxygens (including phenoxy) is 2. The molecule has 13 nitrogen and oxygen atoms in total. The summed E-state index contributed by atoms with van der Waals surface area (Å²) in [6, 6.07) is 3.30. The van der Waals surface area contributed by atoms with Crippen LogP contribution in [0.3, 0.4) is 0 Å². The molecule has 1 aromatic carbocycles. The number of carbonyl (C=O) groups is 1. The van der Waals surface area contributed by atoms with E-state index in [1.807, 2.05) is 0 Å². The zero-order chi connectivity index (χ0) is 21.1. The summed E-state index contributed by atoms with van der Waals surface area (Å²) in [5, 5.41) is 32.5. The first-order valence-electron chi connectivity index (χ1n) is 7.80. The van der Waals surface area contributed by atoms with Crippen molar-refractivity contribution < 1.29 is 46.6 Å². The van der Waals surface area contributed by atoms with Crippen molar-refractivity contribution in [2.24, 2.45) is 0 Å². The van der Waals surface area contributed by atoms with E-state index in [9.17, 15) is 33.5 Å². The van der Waals surface area contributed by atoms with Gasteiger partial charge in [0.25, 0.3) is 5.69 Å². The quantitative estimate of drug-likeness (QED) is 0.233.